The predicted molar refractivity (Wildman–Crippen MR) is 102 cm³/mol. The number of amides is 2. The molecule has 28 heavy (non-hydrogen) atoms. The lowest BCUT2D eigenvalue weighted by Crippen LogP contribution is -2.48. The summed E-state index contributed by atoms with van der Waals surface area (Å²) >= 11 is 0. The van der Waals surface area contributed by atoms with Gasteiger partial charge in [0, 0.05) is 6.54 Å². The van der Waals surface area contributed by atoms with E-state index in [2.05, 4.69) is 5.32 Å². The molecule has 1 aliphatic rings. The number of hydrogen-bond donors (Lipinski definition) is 2. The number of rotatable bonds is 6. The van der Waals surface area contributed by atoms with E-state index in [0.717, 1.165) is 11.1 Å². The van der Waals surface area contributed by atoms with E-state index < -0.39 is 24.3 Å². The second-order valence-electron chi connectivity index (χ2n) is 6.58. The number of aliphatic hydroxyl groups excluding tert-OH is 1. The van der Waals surface area contributed by atoms with E-state index in [1.54, 1.807) is 0 Å². The van der Waals surface area contributed by atoms with Gasteiger partial charge in [-0.3, -0.25) is 0 Å². The summed E-state index contributed by atoms with van der Waals surface area (Å²) < 4.78 is 10.6. The van der Waals surface area contributed by atoms with Crippen LogP contribution in [-0.4, -0.2) is 47.4 Å². The number of carbonyl (C=O) groups is 2. The number of aliphatic hydroxyl groups is 1. The molecule has 0 radical (unpaired) electrons. The summed E-state index contributed by atoms with van der Waals surface area (Å²) in [5, 5.41) is 12.5. The van der Waals surface area contributed by atoms with E-state index >= 15 is 0 Å². The van der Waals surface area contributed by atoms with Crippen molar-refractivity contribution in [1.82, 2.24) is 10.2 Å². The van der Waals surface area contributed by atoms with Crippen LogP contribution in [0.3, 0.4) is 0 Å². The molecule has 2 aromatic carbocycles. The van der Waals surface area contributed by atoms with Crippen LogP contribution in [0.1, 0.15) is 17.5 Å². The summed E-state index contributed by atoms with van der Waals surface area (Å²) in [7, 11) is 0. The Bertz CT molecular complexity index is 769. The normalized spacial score (nSPS) is 18.5. The number of ether oxygens (including phenoxy) is 2. The summed E-state index contributed by atoms with van der Waals surface area (Å²) in [6.07, 6.45) is -0.566. The van der Waals surface area contributed by atoms with Gasteiger partial charge in [-0.25, -0.2) is 9.59 Å². The van der Waals surface area contributed by atoms with Crippen molar-refractivity contribution >= 4 is 12.2 Å². The van der Waals surface area contributed by atoms with Crippen molar-refractivity contribution < 1.29 is 24.2 Å². The Morgan fingerprint density at radius 2 is 1.54 bits per heavy atom. The summed E-state index contributed by atoms with van der Waals surface area (Å²) in [6, 6.07) is 17.8. The van der Waals surface area contributed by atoms with Crippen LogP contribution in [0.2, 0.25) is 0 Å². The minimum Gasteiger partial charge on any atom is -0.445 e. The van der Waals surface area contributed by atoms with Gasteiger partial charge in [0.15, 0.2) is 0 Å². The van der Waals surface area contributed by atoms with E-state index in [4.69, 9.17) is 9.47 Å². The van der Waals surface area contributed by atoms with Gasteiger partial charge >= 0.3 is 12.2 Å². The Hall–Kier alpha value is -3.06. The summed E-state index contributed by atoms with van der Waals surface area (Å²) in [5.74, 6) is 0. The third-order valence-electron chi connectivity index (χ3n) is 4.69. The second kappa shape index (κ2) is 9.75. The van der Waals surface area contributed by atoms with Gasteiger partial charge in [-0.15, -0.1) is 0 Å². The Kier molecular flexibility index (Phi) is 6.86. The Balaban J connectivity index is 1.48. The molecule has 3 rings (SSSR count). The standard InChI is InChI=1S/C21H24N2O5/c24-13-19-18(22-20(25)27-14-16-7-3-1-4-8-16)11-12-23(19)21(26)28-15-17-9-5-2-6-10-17/h1-10,18-19,24H,11-15H2,(H,22,25)/t18-,19-/m1/s1. The van der Waals surface area contributed by atoms with Crippen molar-refractivity contribution in [2.75, 3.05) is 13.2 Å². The number of hydrogen-bond acceptors (Lipinski definition) is 5. The molecule has 0 bridgehead atoms. The van der Waals surface area contributed by atoms with E-state index in [1.165, 1.54) is 4.90 Å². The predicted octanol–water partition coefficient (Wildman–Crippen LogP) is 2.68. The van der Waals surface area contributed by atoms with Gasteiger partial charge in [0.2, 0.25) is 0 Å². The van der Waals surface area contributed by atoms with Gasteiger partial charge in [0.05, 0.1) is 18.7 Å². The molecule has 0 spiro atoms. The number of benzene rings is 2. The lowest BCUT2D eigenvalue weighted by atomic mass is 10.1. The molecule has 0 unspecified atom stereocenters. The van der Waals surface area contributed by atoms with Crippen LogP contribution in [0.5, 0.6) is 0 Å². The third kappa shape index (κ3) is 5.23. The fourth-order valence-electron chi connectivity index (χ4n) is 3.19. The maximum atomic E-state index is 12.4. The first-order valence-electron chi connectivity index (χ1n) is 9.23. The highest BCUT2D eigenvalue weighted by Gasteiger charge is 2.38. The summed E-state index contributed by atoms with van der Waals surface area (Å²) in [6.45, 7) is 0.435. The lowest BCUT2D eigenvalue weighted by Gasteiger charge is -2.26. The first kappa shape index (κ1) is 19.7. The van der Waals surface area contributed by atoms with Crippen LogP contribution < -0.4 is 5.32 Å². The highest BCUT2D eigenvalue weighted by atomic mass is 16.6. The van der Waals surface area contributed by atoms with Crippen LogP contribution in [0.4, 0.5) is 9.59 Å². The van der Waals surface area contributed by atoms with E-state index in [9.17, 15) is 14.7 Å². The zero-order valence-corrected chi connectivity index (χ0v) is 15.5. The van der Waals surface area contributed by atoms with Gasteiger partial charge < -0.3 is 24.8 Å². The van der Waals surface area contributed by atoms with Crippen molar-refractivity contribution in [1.29, 1.82) is 0 Å². The van der Waals surface area contributed by atoms with Gasteiger partial charge in [0.25, 0.3) is 0 Å². The second-order valence-corrected chi connectivity index (χ2v) is 6.58. The quantitative estimate of drug-likeness (QED) is 0.800. The van der Waals surface area contributed by atoms with Crippen LogP contribution >= 0.6 is 0 Å². The first-order valence-corrected chi connectivity index (χ1v) is 9.23. The average Bonchev–Trinajstić information content (AvgIpc) is 3.14. The van der Waals surface area contributed by atoms with Crippen LogP contribution in [0.15, 0.2) is 60.7 Å². The number of nitrogens with zero attached hydrogens (tertiary/aromatic N) is 1. The molecule has 1 aliphatic heterocycles. The fraction of sp³-hybridized carbons (Fsp3) is 0.333. The van der Waals surface area contributed by atoms with Gasteiger partial charge in [-0.05, 0) is 17.5 Å². The first-order chi connectivity index (χ1) is 13.7. The molecule has 1 heterocycles. The van der Waals surface area contributed by atoms with Crippen LogP contribution in [0, 0.1) is 0 Å². The average molecular weight is 384 g/mol. The number of nitrogens with one attached hydrogen (secondary N) is 1. The van der Waals surface area contributed by atoms with Gasteiger partial charge in [-0.2, -0.15) is 0 Å². The van der Waals surface area contributed by atoms with Crippen molar-refractivity contribution in [2.24, 2.45) is 0 Å². The maximum Gasteiger partial charge on any atom is 0.410 e. The largest absolute Gasteiger partial charge is 0.445 e. The molecule has 0 aromatic heterocycles. The molecule has 2 atom stereocenters. The molecule has 148 valence electrons. The zero-order chi connectivity index (χ0) is 19.8. The van der Waals surface area contributed by atoms with Crippen molar-refractivity contribution in [3.63, 3.8) is 0 Å². The zero-order valence-electron chi connectivity index (χ0n) is 15.5. The van der Waals surface area contributed by atoms with Crippen molar-refractivity contribution in [2.45, 2.75) is 31.7 Å². The Morgan fingerprint density at radius 1 is 0.964 bits per heavy atom. The number of alkyl carbamates (subject to hydrolysis) is 1. The molecule has 1 fully saturated rings. The highest BCUT2D eigenvalue weighted by Crippen LogP contribution is 2.20. The topological polar surface area (TPSA) is 88.1 Å². The molecule has 7 heteroatoms. The van der Waals surface area contributed by atoms with Crippen LogP contribution in [-0.2, 0) is 22.7 Å². The monoisotopic (exact) mass is 384 g/mol. The van der Waals surface area contributed by atoms with Crippen molar-refractivity contribution in [3.8, 4) is 0 Å². The molecular formula is C21H24N2O5. The highest BCUT2D eigenvalue weighted by molar-refractivity contribution is 5.70. The van der Waals surface area contributed by atoms with Crippen molar-refractivity contribution in [3.05, 3.63) is 71.8 Å². The molecular weight excluding hydrogens is 360 g/mol. The smallest absolute Gasteiger partial charge is 0.410 e. The molecule has 7 nitrogen and oxygen atoms in total. The van der Waals surface area contributed by atoms with Gasteiger partial charge in [0.1, 0.15) is 13.2 Å². The molecule has 2 N–H and O–H groups in total. The number of likely N-dealkylation sites (tertiary alicyclic amines) is 1. The molecule has 1 saturated heterocycles. The molecule has 2 amide bonds. The van der Waals surface area contributed by atoms with E-state index in [-0.39, 0.29) is 19.8 Å². The van der Waals surface area contributed by atoms with Gasteiger partial charge in [-0.1, -0.05) is 60.7 Å². The third-order valence-corrected chi connectivity index (χ3v) is 4.69. The minimum atomic E-state index is -0.577. The van der Waals surface area contributed by atoms with E-state index in [1.807, 2.05) is 60.7 Å². The molecule has 0 saturated carbocycles. The lowest BCUT2D eigenvalue weighted by molar-refractivity contribution is 0.0738. The SMILES string of the molecule is O=C(N[C@@H]1CCN(C(=O)OCc2ccccc2)[C@@H]1CO)OCc1ccccc1. The Morgan fingerprint density at radius 3 is 2.11 bits per heavy atom. The summed E-state index contributed by atoms with van der Waals surface area (Å²) in [5.41, 5.74) is 1.77. The maximum absolute atomic E-state index is 12.4. The van der Waals surface area contributed by atoms with Crippen LogP contribution in [0.25, 0.3) is 0 Å². The Labute approximate surface area is 163 Å². The molecule has 2 aromatic rings. The van der Waals surface area contributed by atoms with E-state index in [0.29, 0.717) is 13.0 Å². The minimum absolute atomic E-state index is 0.158. The number of carbonyl (C=O) groups excluding carboxylic acids is 2. The fourth-order valence-corrected chi connectivity index (χ4v) is 3.19. The summed E-state index contributed by atoms with van der Waals surface area (Å²) in [4.78, 5) is 25.9. The molecule has 0 aliphatic carbocycles.